The molecule has 1 aromatic carbocycles. The number of unbranched alkanes of at least 4 members (excludes halogenated alkanes) is 2. The molecule has 3 nitrogen and oxygen atoms in total. The van der Waals surface area contributed by atoms with Gasteiger partial charge in [0.2, 0.25) is 0 Å². The minimum absolute atomic E-state index is 0.0371. The van der Waals surface area contributed by atoms with E-state index < -0.39 is 0 Å². The van der Waals surface area contributed by atoms with Crippen molar-refractivity contribution in [1.29, 1.82) is 0 Å². The van der Waals surface area contributed by atoms with E-state index in [0.29, 0.717) is 0 Å². The number of benzene rings is 1. The third kappa shape index (κ3) is 8.97. The highest BCUT2D eigenvalue weighted by Gasteiger charge is 2.11. The van der Waals surface area contributed by atoms with E-state index in [9.17, 15) is 0 Å². The zero-order valence-electron chi connectivity index (χ0n) is 15.8. The van der Waals surface area contributed by atoms with Crippen LogP contribution in [0.15, 0.2) is 24.3 Å². The molecule has 1 aromatic rings. The highest BCUT2D eigenvalue weighted by molar-refractivity contribution is 5.27. The average molecular weight is 322 g/mol. The van der Waals surface area contributed by atoms with Gasteiger partial charge in [-0.1, -0.05) is 45.2 Å². The maximum Gasteiger partial charge on any atom is 0.198 e. The molecule has 0 N–H and O–H groups in total. The lowest BCUT2D eigenvalue weighted by Gasteiger charge is -2.24. The van der Waals surface area contributed by atoms with Gasteiger partial charge in [0.25, 0.3) is 0 Å². The first-order valence-electron chi connectivity index (χ1n) is 8.96. The van der Waals surface area contributed by atoms with Crippen molar-refractivity contribution in [2.75, 3.05) is 14.1 Å². The molecule has 2 atom stereocenters. The van der Waals surface area contributed by atoms with Gasteiger partial charge in [-0.3, -0.25) is 4.90 Å². The first kappa shape index (κ1) is 20.0. The van der Waals surface area contributed by atoms with Gasteiger partial charge in [0.05, 0.1) is 0 Å². The van der Waals surface area contributed by atoms with Crippen molar-refractivity contribution >= 4 is 0 Å². The fourth-order valence-electron chi connectivity index (χ4n) is 2.41. The Bertz CT molecular complexity index is 414. The van der Waals surface area contributed by atoms with Crippen LogP contribution in [-0.4, -0.2) is 31.5 Å². The Morgan fingerprint density at radius 2 is 1.57 bits per heavy atom. The van der Waals surface area contributed by atoms with Gasteiger partial charge in [0, 0.05) is 0 Å². The van der Waals surface area contributed by atoms with Crippen LogP contribution in [0, 0.1) is 5.92 Å². The van der Waals surface area contributed by atoms with Gasteiger partial charge < -0.3 is 9.47 Å². The predicted molar refractivity (Wildman–Crippen MR) is 97.8 cm³/mol. The summed E-state index contributed by atoms with van der Waals surface area (Å²) in [6, 6.07) is 8.42. The molecule has 0 fully saturated rings. The van der Waals surface area contributed by atoms with Crippen molar-refractivity contribution in [2.24, 2.45) is 5.92 Å². The topological polar surface area (TPSA) is 21.7 Å². The molecule has 1 rings (SSSR count). The van der Waals surface area contributed by atoms with Gasteiger partial charge in [-0.25, -0.2) is 0 Å². The van der Waals surface area contributed by atoms with Crippen LogP contribution in [0.5, 0.6) is 5.75 Å². The molecule has 0 aromatic heterocycles. The minimum atomic E-state index is -0.255. The second-order valence-corrected chi connectivity index (χ2v) is 7.02. The summed E-state index contributed by atoms with van der Waals surface area (Å²) in [5.41, 5.74) is 1.39. The fourth-order valence-corrected chi connectivity index (χ4v) is 2.41. The summed E-state index contributed by atoms with van der Waals surface area (Å²) in [5, 5.41) is 0. The van der Waals surface area contributed by atoms with Crippen LogP contribution in [0.25, 0.3) is 0 Å². The molecule has 0 aliphatic rings. The first-order chi connectivity index (χ1) is 10.9. The van der Waals surface area contributed by atoms with Crippen LogP contribution in [0.3, 0.4) is 0 Å². The molecule has 0 saturated heterocycles. The average Bonchev–Trinajstić information content (AvgIpc) is 2.48. The predicted octanol–water partition coefficient (Wildman–Crippen LogP) is 5.09. The summed E-state index contributed by atoms with van der Waals surface area (Å²) < 4.78 is 11.6. The molecule has 0 heterocycles. The van der Waals surface area contributed by atoms with Crippen LogP contribution in [0.1, 0.15) is 58.9 Å². The Morgan fingerprint density at radius 3 is 2.13 bits per heavy atom. The van der Waals surface area contributed by atoms with Crippen LogP contribution < -0.4 is 4.74 Å². The second kappa shape index (κ2) is 10.7. The summed E-state index contributed by atoms with van der Waals surface area (Å²) in [7, 11) is 3.99. The summed E-state index contributed by atoms with van der Waals surface area (Å²) in [6.07, 6.45) is 6.22. The normalized spacial score (nSPS) is 14.3. The molecule has 3 heteroatoms. The van der Waals surface area contributed by atoms with E-state index in [1.165, 1.54) is 31.2 Å². The van der Waals surface area contributed by atoms with Gasteiger partial charge in [0.1, 0.15) is 12.0 Å². The van der Waals surface area contributed by atoms with Gasteiger partial charge in [-0.05, 0) is 64.4 Å². The monoisotopic (exact) mass is 321 g/mol. The van der Waals surface area contributed by atoms with Crippen molar-refractivity contribution in [1.82, 2.24) is 4.90 Å². The van der Waals surface area contributed by atoms with Gasteiger partial charge in [0.15, 0.2) is 6.29 Å². The fraction of sp³-hybridized carbons (Fsp3) is 0.700. The molecular formula is C20H35NO2. The quantitative estimate of drug-likeness (QED) is 0.418. The number of ether oxygens (including phenoxy) is 2. The lowest BCUT2D eigenvalue weighted by Crippen LogP contribution is -2.32. The van der Waals surface area contributed by atoms with Crippen LogP contribution in [0.2, 0.25) is 0 Å². The first-order valence-corrected chi connectivity index (χ1v) is 8.96. The highest BCUT2D eigenvalue weighted by Crippen LogP contribution is 2.17. The van der Waals surface area contributed by atoms with Crippen molar-refractivity contribution < 1.29 is 9.47 Å². The number of aryl methyl sites for hydroxylation is 1. The summed E-state index contributed by atoms with van der Waals surface area (Å²) in [6.45, 7) is 8.54. The lowest BCUT2D eigenvalue weighted by molar-refractivity contribution is -0.143. The molecule has 0 bridgehead atoms. The maximum absolute atomic E-state index is 5.81. The number of hydrogen-bond acceptors (Lipinski definition) is 3. The zero-order chi connectivity index (χ0) is 17.2. The third-order valence-corrected chi connectivity index (χ3v) is 4.09. The Kier molecular flexibility index (Phi) is 9.27. The summed E-state index contributed by atoms with van der Waals surface area (Å²) >= 11 is 0. The zero-order valence-corrected chi connectivity index (χ0v) is 15.8. The lowest BCUT2D eigenvalue weighted by atomic mass is 10.0. The highest BCUT2D eigenvalue weighted by atomic mass is 16.7. The van der Waals surface area contributed by atoms with E-state index in [0.717, 1.165) is 18.1 Å². The van der Waals surface area contributed by atoms with E-state index in [2.05, 4.69) is 26.0 Å². The van der Waals surface area contributed by atoms with E-state index in [1.54, 1.807) is 0 Å². The molecule has 0 radical (unpaired) electrons. The van der Waals surface area contributed by atoms with E-state index in [4.69, 9.17) is 9.47 Å². The van der Waals surface area contributed by atoms with Crippen LogP contribution in [-0.2, 0) is 11.2 Å². The molecule has 0 spiro atoms. The van der Waals surface area contributed by atoms with Crippen molar-refractivity contribution in [3.8, 4) is 5.75 Å². The standard InChI is InChI=1S/C20H35NO2/c1-16(2)10-8-7-9-11-19-12-14-20(15-13-19)23-18(4)22-17(3)21(5)6/h12-18H,7-11H2,1-6H3. The number of hydrogen-bond donors (Lipinski definition) is 0. The molecule has 0 amide bonds. The van der Waals surface area contributed by atoms with E-state index in [-0.39, 0.29) is 12.5 Å². The van der Waals surface area contributed by atoms with Crippen molar-refractivity contribution in [3.63, 3.8) is 0 Å². The van der Waals surface area contributed by atoms with Crippen molar-refractivity contribution in [3.05, 3.63) is 29.8 Å². The second-order valence-electron chi connectivity index (χ2n) is 7.02. The van der Waals surface area contributed by atoms with Gasteiger partial charge >= 0.3 is 0 Å². The Labute approximate surface area is 143 Å². The molecule has 0 saturated carbocycles. The molecule has 132 valence electrons. The molecular weight excluding hydrogens is 286 g/mol. The number of rotatable bonds is 11. The molecule has 23 heavy (non-hydrogen) atoms. The smallest absolute Gasteiger partial charge is 0.198 e. The molecule has 0 aliphatic heterocycles. The SMILES string of the molecule is CC(C)CCCCCc1ccc(OC(C)OC(C)N(C)C)cc1. The summed E-state index contributed by atoms with van der Waals surface area (Å²) in [4.78, 5) is 2.02. The summed E-state index contributed by atoms with van der Waals surface area (Å²) in [5.74, 6) is 1.69. The Hall–Kier alpha value is -1.06. The van der Waals surface area contributed by atoms with E-state index in [1.807, 2.05) is 45.0 Å². The van der Waals surface area contributed by atoms with Crippen LogP contribution >= 0.6 is 0 Å². The largest absolute Gasteiger partial charge is 0.465 e. The van der Waals surface area contributed by atoms with E-state index >= 15 is 0 Å². The van der Waals surface area contributed by atoms with Gasteiger partial charge in [-0.15, -0.1) is 0 Å². The van der Waals surface area contributed by atoms with Crippen LogP contribution in [0.4, 0.5) is 0 Å². The van der Waals surface area contributed by atoms with Gasteiger partial charge in [-0.2, -0.15) is 0 Å². The van der Waals surface area contributed by atoms with Crippen molar-refractivity contribution in [2.45, 2.75) is 72.3 Å². The minimum Gasteiger partial charge on any atom is -0.465 e. The Morgan fingerprint density at radius 1 is 0.913 bits per heavy atom. The number of nitrogens with zero attached hydrogens (tertiary/aromatic N) is 1. The maximum atomic E-state index is 5.81. The Balaban J connectivity index is 2.30. The molecule has 2 unspecified atom stereocenters. The third-order valence-electron chi connectivity index (χ3n) is 4.09. The molecule has 0 aliphatic carbocycles.